The first-order chi connectivity index (χ1) is 21.5. The zero-order chi connectivity index (χ0) is 31.2. The molecule has 45 heavy (non-hydrogen) atoms. The summed E-state index contributed by atoms with van der Waals surface area (Å²) in [6.07, 6.45) is 0. The van der Waals surface area contributed by atoms with Crippen molar-refractivity contribution in [3.05, 3.63) is 135 Å². The van der Waals surface area contributed by atoms with Gasteiger partial charge in [-0.15, -0.1) is 0 Å². The minimum atomic E-state index is -0.233. The lowest BCUT2D eigenvalue weighted by Gasteiger charge is -2.25. The van der Waals surface area contributed by atoms with Crippen LogP contribution in [0.5, 0.6) is 0 Å². The maximum atomic E-state index is 10.1. The first-order valence-corrected chi connectivity index (χ1v) is 15.8. The summed E-state index contributed by atoms with van der Waals surface area (Å²) < 4.78 is 0. The molecule has 0 fully saturated rings. The van der Waals surface area contributed by atoms with Crippen LogP contribution in [0.1, 0.15) is 80.5 Å². The zero-order valence-electron chi connectivity index (χ0n) is 26.5. The van der Waals surface area contributed by atoms with Crippen molar-refractivity contribution in [3.8, 4) is 39.4 Å². The van der Waals surface area contributed by atoms with Crippen LogP contribution in [0.4, 0.5) is 5.69 Å². The van der Waals surface area contributed by atoms with Gasteiger partial charge in [-0.2, -0.15) is 5.26 Å². The topological polar surface area (TPSA) is 28.1 Å². The Kier molecular flexibility index (Phi) is 4.72. The highest BCUT2D eigenvalue weighted by Crippen LogP contribution is 2.61. The van der Waals surface area contributed by atoms with Gasteiger partial charge in [-0.25, -0.2) is 4.85 Å². The maximum Gasteiger partial charge on any atom is 0.195 e. The van der Waals surface area contributed by atoms with E-state index >= 15 is 0 Å². The lowest BCUT2D eigenvalue weighted by molar-refractivity contribution is 0.649. The lowest BCUT2D eigenvalue weighted by atomic mass is 9.78. The van der Waals surface area contributed by atoms with Crippen molar-refractivity contribution in [2.75, 3.05) is 0 Å². The van der Waals surface area contributed by atoms with Gasteiger partial charge < -0.3 is 0 Å². The molecule has 0 bridgehead atoms. The summed E-state index contributed by atoms with van der Waals surface area (Å²) in [5, 5.41) is 14.5. The van der Waals surface area contributed by atoms with E-state index in [-0.39, 0.29) is 16.2 Å². The highest BCUT2D eigenvalue weighted by atomic mass is 14.6. The highest BCUT2D eigenvalue weighted by molar-refractivity contribution is 6.09. The minimum absolute atomic E-state index is 0.191. The van der Waals surface area contributed by atoms with Gasteiger partial charge in [0.2, 0.25) is 0 Å². The van der Waals surface area contributed by atoms with E-state index in [1.54, 1.807) is 0 Å². The number of nitriles is 1. The third kappa shape index (κ3) is 2.98. The zero-order valence-corrected chi connectivity index (χ0v) is 26.5. The Labute approximate surface area is 264 Å². The molecule has 0 radical (unpaired) electrons. The maximum absolute atomic E-state index is 10.1. The summed E-state index contributed by atoms with van der Waals surface area (Å²) in [7, 11) is 0. The quantitative estimate of drug-likeness (QED) is 0.165. The number of rotatable bonds is 0. The fourth-order valence-corrected chi connectivity index (χ4v) is 9.05. The molecule has 0 saturated carbocycles. The van der Waals surface area contributed by atoms with Crippen molar-refractivity contribution in [1.82, 2.24) is 0 Å². The van der Waals surface area contributed by atoms with Crippen LogP contribution in [-0.4, -0.2) is 0 Å². The average Bonchev–Trinajstić information content (AvgIpc) is 3.51. The van der Waals surface area contributed by atoms with Gasteiger partial charge >= 0.3 is 0 Å². The van der Waals surface area contributed by atoms with E-state index in [0.29, 0.717) is 0 Å². The fraction of sp³-hybridized carbons (Fsp3) is 0.209. The summed E-state index contributed by atoms with van der Waals surface area (Å²) in [4.78, 5) is 3.95. The molecular weight excluding hydrogens is 544 g/mol. The van der Waals surface area contributed by atoms with E-state index in [1.165, 1.54) is 72.1 Å². The fourth-order valence-electron chi connectivity index (χ4n) is 9.05. The molecule has 0 spiro atoms. The first-order valence-electron chi connectivity index (χ1n) is 15.8. The predicted molar refractivity (Wildman–Crippen MR) is 185 cm³/mol. The first kappa shape index (κ1) is 26.2. The molecule has 2 nitrogen and oxygen atoms in total. The Bertz CT molecular complexity index is 2300. The number of benzene rings is 6. The normalized spacial score (nSPS) is 16.7. The predicted octanol–water partition coefficient (Wildman–Crippen LogP) is 11.3. The third-order valence-corrected chi connectivity index (χ3v) is 11.5. The summed E-state index contributed by atoms with van der Waals surface area (Å²) in [6, 6.07) is 33.4. The Hall–Kier alpha value is -5.18. The molecule has 0 heterocycles. The largest absolute Gasteiger partial charge is 0.238 e. The van der Waals surface area contributed by atoms with Gasteiger partial charge in [-0.1, -0.05) is 96.1 Å². The van der Waals surface area contributed by atoms with Crippen molar-refractivity contribution in [2.45, 2.75) is 57.8 Å². The molecule has 0 unspecified atom stereocenters. The van der Waals surface area contributed by atoms with Crippen molar-refractivity contribution in [3.63, 3.8) is 0 Å². The lowest BCUT2D eigenvalue weighted by Crippen LogP contribution is -2.17. The van der Waals surface area contributed by atoms with Gasteiger partial charge in [0.25, 0.3) is 0 Å². The second-order valence-electron chi connectivity index (χ2n) is 14.7. The Morgan fingerprint density at radius 3 is 1.42 bits per heavy atom. The van der Waals surface area contributed by atoms with E-state index in [9.17, 15) is 5.26 Å². The molecule has 0 aromatic heterocycles. The van der Waals surface area contributed by atoms with Gasteiger partial charge in [0.05, 0.1) is 18.2 Å². The monoisotopic (exact) mass is 576 g/mol. The van der Waals surface area contributed by atoms with Crippen LogP contribution in [0.3, 0.4) is 0 Å². The van der Waals surface area contributed by atoms with Crippen molar-refractivity contribution < 1.29 is 0 Å². The number of hydrogen-bond acceptors (Lipinski definition) is 1. The van der Waals surface area contributed by atoms with Crippen molar-refractivity contribution >= 4 is 27.2 Å². The molecule has 2 heteroatoms. The molecule has 9 rings (SSSR count). The van der Waals surface area contributed by atoms with Crippen LogP contribution >= 0.6 is 0 Å². The Balaban J connectivity index is 1.32. The third-order valence-electron chi connectivity index (χ3n) is 11.5. The van der Waals surface area contributed by atoms with E-state index in [0.717, 1.165) is 27.4 Å². The standard InChI is InChI=1S/C43H32N2/c1-41(2)32-19-30-34(42(3,4)36-16-23(22-44)24-12-8-10-14-26(24)39(30)36)17-28(32)29-18-35-31(20-33(29)41)40-27-15-11-9-13-25(27)38(45-7)21-37(40)43(35,5)6/h8-21H,1-6H3. The van der Waals surface area contributed by atoms with Gasteiger partial charge in [0, 0.05) is 21.6 Å². The Morgan fingerprint density at radius 2 is 0.911 bits per heavy atom. The van der Waals surface area contributed by atoms with E-state index in [1.807, 2.05) is 12.1 Å². The molecule has 0 N–H and O–H groups in total. The molecule has 6 aromatic carbocycles. The Morgan fingerprint density at radius 1 is 0.511 bits per heavy atom. The molecule has 3 aliphatic rings. The molecule has 0 saturated heterocycles. The van der Waals surface area contributed by atoms with Gasteiger partial charge in [0.1, 0.15) is 0 Å². The smallest absolute Gasteiger partial charge is 0.195 e. The molecule has 0 aliphatic heterocycles. The number of nitrogens with zero attached hydrogens (tertiary/aromatic N) is 2. The number of hydrogen-bond donors (Lipinski definition) is 0. The summed E-state index contributed by atoms with van der Waals surface area (Å²) >= 11 is 0. The van der Waals surface area contributed by atoms with Gasteiger partial charge in [-0.3, -0.25) is 0 Å². The number of fused-ring (bicyclic) bond motifs is 13. The van der Waals surface area contributed by atoms with E-state index < -0.39 is 0 Å². The summed E-state index contributed by atoms with van der Waals surface area (Å²) in [5.41, 5.74) is 16.5. The molecular formula is C43H32N2. The minimum Gasteiger partial charge on any atom is -0.238 e. The molecule has 0 amide bonds. The second-order valence-corrected chi connectivity index (χ2v) is 14.7. The molecule has 214 valence electrons. The van der Waals surface area contributed by atoms with Gasteiger partial charge in [-0.05, 0) is 113 Å². The van der Waals surface area contributed by atoms with E-state index in [4.69, 9.17) is 6.57 Å². The molecule has 6 aromatic rings. The van der Waals surface area contributed by atoms with Crippen molar-refractivity contribution in [1.29, 1.82) is 5.26 Å². The van der Waals surface area contributed by atoms with Gasteiger partial charge in [0.15, 0.2) is 5.69 Å². The van der Waals surface area contributed by atoms with Crippen LogP contribution in [0.2, 0.25) is 0 Å². The van der Waals surface area contributed by atoms with Crippen LogP contribution < -0.4 is 0 Å². The molecule has 0 atom stereocenters. The molecule has 3 aliphatic carbocycles. The van der Waals surface area contributed by atoms with Crippen LogP contribution in [0.25, 0.3) is 59.8 Å². The highest BCUT2D eigenvalue weighted by Gasteiger charge is 2.45. The van der Waals surface area contributed by atoms with Crippen LogP contribution in [0.15, 0.2) is 84.9 Å². The summed E-state index contributed by atoms with van der Waals surface area (Å²) in [6.45, 7) is 21.9. The van der Waals surface area contributed by atoms with E-state index in [2.05, 4.69) is 125 Å². The second kappa shape index (κ2) is 8.10. The summed E-state index contributed by atoms with van der Waals surface area (Å²) in [5.74, 6) is 0. The average molecular weight is 577 g/mol. The van der Waals surface area contributed by atoms with Crippen LogP contribution in [0, 0.1) is 17.9 Å². The van der Waals surface area contributed by atoms with Crippen molar-refractivity contribution in [2.24, 2.45) is 0 Å². The SMILES string of the molecule is [C-]#[N+]c1cc2c(c3ccccc13)-c1cc3c(cc1C2(C)C)-c1cc2c(cc1C3(C)C)-c1c(cc(C#N)c3ccccc13)C2(C)C. The van der Waals surface area contributed by atoms with Crippen LogP contribution in [-0.2, 0) is 16.2 Å².